The van der Waals surface area contributed by atoms with Gasteiger partial charge in [0.05, 0.1) is 0 Å². The zero-order chi connectivity index (χ0) is 26.7. The number of nitrogens with two attached hydrogens (primary N) is 1. The first-order valence-corrected chi connectivity index (χ1v) is 7.48. The number of alkyl halides is 17. The highest BCUT2D eigenvalue weighted by atomic mass is 19.4. The highest BCUT2D eigenvalue weighted by molar-refractivity contribution is 5.43. The lowest BCUT2D eigenvalue weighted by molar-refractivity contribution is -0.471. The summed E-state index contributed by atoms with van der Waals surface area (Å²) in [5.74, 6) is -52.0. The summed E-state index contributed by atoms with van der Waals surface area (Å²) in [5.41, 5.74) is 4.40. The molecule has 0 unspecified atom stereocenters. The van der Waals surface area contributed by atoms with Crippen LogP contribution in [0.25, 0.3) is 0 Å². The van der Waals surface area contributed by atoms with Gasteiger partial charge in [0.2, 0.25) is 0 Å². The molecule has 0 saturated heterocycles. The third-order valence-corrected chi connectivity index (χ3v) is 3.80. The molecule has 0 radical (unpaired) electrons. The van der Waals surface area contributed by atoms with Crippen LogP contribution in [0.2, 0.25) is 0 Å². The molecule has 1 aromatic rings. The summed E-state index contributed by atoms with van der Waals surface area (Å²) in [6.07, 6.45) is -14.8. The second-order valence-corrected chi connectivity index (χ2v) is 6.14. The fourth-order valence-electron chi connectivity index (χ4n) is 1.94. The van der Waals surface area contributed by atoms with E-state index < -0.39 is 59.3 Å². The number of nitrogen functional groups attached to an aromatic ring is 1. The van der Waals surface area contributed by atoms with Crippen LogP contribution in [0.5, 0.6) is 5.75 Å². The molecule has 19 heteroatoms. The number of hydrogen-bond acceptors (Lipinski definition) is 2. The molecule has 192 valence electrons. The fourth-order valence-corrected chi connectivity index (χ4v) is 1.94. The third kappa shape index (κ3) is 3.95. The van der Waals surface area contributed by atoms with Crippen molar-refractivity contribution >= 4 is 5.69 Å². The molecule has 0 fully saturated rings. The van der Waals surface area contributed by atoms with Gasteiger partial charge in [0, 0.05) is 11.8 Å². The van der Waals surface area contributed by atoms with Crippen LogP contribution in [-0.2, 0) is 0 Å². The molecule has 0 spiro atoms. The maximum absolute atomic E-state index is 13.6. The van der Waals surface area contributed by atoms with Gasteiger partial charge in [-0.3, -0.25) is 0 Å². The van der Waals surface area contributed by atoms with Crippen LogP contribution in [0, 0.1) is 0 Å². The standard InChI is InChI=1S/C14H6F17NO/c15-7(16,9(19,20)11(23,24)13(27,28)29)8(17,18)10(21,22)12(25,26)14(30,31)33-6-3-1-2-5(32)4-6/h1-4H,32H2. The van der Waals surface area contributed by atoms with Crippen LogP contribution in [0.15, 0.2) is 24.3 Å². The molecule has 0 aliphatic rings. The lowest BCUT2D eigenvalue weighted by Gasteiger charge is -2.42. The molecule has 33 heavy (non-hydrogen) atoms. The lowest BCUT2D eigenvalue weighted by atomic mass is 9.90. The second kappa shape index (κ2) is 7.57. The molecule has 2 N–H and O–H groups in total. The summed E-state index contributed by atoms with van der Waals surface area (Å²) in [4.78, 5) is 0. The Bertz CT molecular complexity index is 860. The predicted octanol–water partition coefficient (Wildman–Crippen LogP) is 6.61. The van der Waals surface area contributed by atoms with Crippen molar-refractivity contribution in [3.8, 4) is 5.75 Å². The maximum Gasteiger partial charge on any atom is 0.471 e. The van der Waals surface area contributed by atoms with Crippen molar-refractivity contribution in [2.45, 2.75) is 47.8 Å². The van der Waals surface area contributed by atoms with Crippen LogP contribution in [0.1, 0.15) is 0 Å². The Morgan fingerprint density at radius 2 is 0.879 bits per heavy atom. The largest absolute Gasteiger partial charge is 0.471 e. The molecule has 0 saturated carbocycles. The summed E-state index contributed by atoms with van der Waals surface area (Å²) in [6, 6.07) is 1.95. The van der Waals surface area contributed by atoms with Crippen LogP contribution < -0.4 is 10.5 Å². The van der Waals surface area contributed by atoms with Gasteiger partial charge in [-0.2, -0.15) is 74.6 Å². The number of ether oxygens (including phenoxy) is 1. The van der Waals surface area contributed by atoms with Crippen molar-refractivity contribution in [2.24, 2.45) is 0 Å². The van der Waals surface area contributed by atoms with Gasteiger partial charge in [0.1, 0.15) is 5.75 Å². The van der Waals surface area contributed by atoms with E-state index in [0.717, 1.165) is 6.07 Å². The molecule has 0 aliphatic heterocycles. The summed E-state index contributed by atoms with van der Waals surface area (Å²) in [6.45, 7) is 0. The SMILES string of the molecule is Nc1cccc(OC(F)(F)C(F)(F)C(F)(F)C(F)(F)C(F)(F)C(F)(F)C(F)(F)C(F)(F)F)c1. The average Bonchev–Trinajstić information content (AvgIpc) is 2.59. The van der Waals surface area contributed by atoms with Crippen LogP contribution in [0.4, 0.5) is 80.3 Å². The van der Waals surface area contributed by atoms with Crippen LogP contribution in [0.3, 0.4) is 0 Å². The Hall–Kier alpha value is -2.37. The minimum atomic E-state index is -8.68. The number of rotatable bonds is 8. The summed E-state index contributed by atoms with van der Waals surface area (Å²) in [7, 11) is 0. The molecule has 0 bridgehead atoms. The molecule has 0 amide bonds. The Morgan fingerprint density at radius 3 is 1.24 bits per heavy atom. The lowest BCUT2D eigenvalue weighted by Crippen LogP contribution is -2.74. The number of benzene rings is 1. The van der Waals surface area contributed by atoms with Crippen molar-refractivity contribution in [1.29, 1.82) is 0 Å². The predicted molar refractivity (Wildman–Crippen MR) is 72.2 cm³/mol. The minimum absolute atomic E-state index is 0.187. The minimum Gasteiger partial charge on any atom is -0.428 e. The summed E-state index contributed by atoms with van der Waals surface area (Å²) >= 11 is 0. The zero-order valence-corrected chi connectivity index (χ0v) is 14.7. The quantitative estimate of drug-likeness (QED) is 0.305. The number of halogens is 17. The second-order valence-electron chi connectivity index (χ2n) is 6.14. The van der Waals surface area contributed by atoms with E-state index in [0.29, 0.717) is 6.07 Å². The first kappa shape index (κ1) is 28.7. The number of anilines is 1. The van der Waals surface area contributed by atoms with E-state index in [1.807, 2.05) is 0 Å². The van der Waals surface area contributed by atoms with Crippen molar-refractivity contribution in [3.63, 3.8) is 0 Å². The van der Waals surface area contributed by atoms with Crippen molar-refractivity contribution in [2.75, 3.05) is 5.73 Å². The topological polar surface area (TPSA) is 35.2 Å². The molecule has 2 nitrogen and oxygen atoms in total. The van der Waals surface area contributed by atoms with Crippen LogP contribution in [-0.4, -0.2) is 47.8 Å². The maximum atomic E-state index is 13.6. The van der Waals surface area contributed by atoms with E-state index in [1.165, 1.54) is 0 Å². The summed E-state index contributed by atoms with van der Waals surface area (Å²) in [5, 5.41) is 0. The first-order valence-electron chi connectivity index (χ1n) is 7.48. The van der Waals surface area contributed by atoms with E-state index >= 15 is 0 Å². The van der Waals surface area contributed by atoms with Gasteiger partial charge in [0.15, 0.2) is 0 Å². The average molecular weight is 527 g/mol. The molecule has 0 aliphatic carbocycles. The van der Waals surface area contributed by atoms with Crippen molar-refractivity contribution < 1.29 is 79.4 Å². The highest BCUT2D eigenvalue weighted by Crippen LogP contribution is 2.64. The van der Waals surface area contributed by atoms with E-state index in [4.69, 9.17) is 5.73 Å². The van der Waals surface area contributed by atoms with E-state index in [1.54, 1.807) is 0 Å². The van der Waals surface area contributed by atoms with Gasteiger partial charge in [-0.1, -0.05) is 6.07 Å². The first-order chi connectivity index (χ1) is 14.2. The van der Waals surface area contributed by atoms with Gasteiger partial charge in [-0.15, -0.1) is 0 Å². The molecular weight excluding hydrogens is 521 g/mol. The Balaban J connectivity index is 3.59. The monoisotopic (exact) mass is 527 g/mol. The van der Waals surface area contributed by atoms with Crippen molar-refractivity contribution in [1.82, 2.24) is 0 Å². The van der Waals surface area contributed by atoms with E-state index in [9.17, 15) is 74.6 Å². The van der Waals surface area contributed by atoms with Crippen LogP contribution >= 0.6 is 0 Å². The van der Waals surface area contributed by atoms with Gasteiger partial charge < -0.3 is 10.5 Å². The highest BCUT2D eigenvalue weighted by Gasteiger charge is 2.95. The number of hydrogen-bond donors (Lipinski definition) is 1. The fraction of sp³-hybridized carbons (Fsp3) is 0.571. The Labute approximate surface area is 170 Å². The summed E-state index contributed by atoms with van der Waals surface area (Å²) < 4.78 is 225. The van der Waals surface area contributed by atoms with Gasteiger partial charge in [-0.05, 0) is 12.1 Å². The smallest absolute Gasteiger partial charge is 0.428 e. The van der Waals surface area contributed by atoms with Gasteiger partial charge in [-0.25, -0.2) is 0 Å². The molecule has 0 aromatic heterocycles. The Kier molecular flexibility index (Phi) is 6.58. The third-order valence-electron chi connectivity index (χ3n) is 3.80. The van der Waals surface area contributed by atoms with E-state index in [2.05, 4.69) is 4.74 Å². The van der Waals surface area contributed by atoms with Gasteiger partial charge in [0.25, 0.3) is 0 Å². The molecule has 1 rings (SSSR count). The zero-order valence-electron chi connectivity index (χ0n) is 14.7. The van der Waals surface area contributed by atoms with Gasteiger partial charge >= 0.3 is 47.8 Å². The molecule has 1 aromatic carbocycles. The molecular formula is C14H6F17NO. The Morgan fingerprint density at radius 1 is 0.515 bits per heavy atom. The van der Waals surface area contributed by atoms with Crippen molar-refractivity contribution in [3.05, 3.63) is 24.3 Å². The molecule has 0 atom stereocenters. The van der Waals surface area contributed by atoms with E-state index in [-0.39, 0.29) is 12.1 Å². The molecule has 0 heterocycles. The normalized spacial score (nSPS) is 15.5.